The van der Waals surface area contributed by atoms with Gasteiger partial charge in [-0.15, -0.1) is 0 Å². The molecule has 4 heteroatoms. The quantitative estimate of drug-likeness (QED) is 0.649. The van der Waals surface area contributed by atoms with Crippen molar-refractivity contribution in [3.05, 3.63) is 67.6 Å². The largest absolute Gasteiger partial charge is 0.306 e. The lowest BCUT2D eigenvalue weighted by Gasteiger charge is -2.21. The Kier molecular flexibility index (Phi) is 6.12. The van der Waals surface area contributed by atoms with Crippen molar-refractivity contribution >= 4 is 39.1 Å². The van der Waals surface area contributed by atoms with Crippen molar-refractivity contribution in [1.82, 2.24) is 5.32 Å². The monoisotopic (exact) mass is 385 g/mol. The van der Waals surface area contributed by atoms with E-state index in [4.69, 9.17) is 23.2 Å². The molecular formula is C17H18BrCl2N. The van der Waals surface area contributed by atoms with Crippen molar-refractivity contribution in [3.8, 4) is 0 Å². The Bertz CT molecular complexity index is 628. The molecule has 21 heavy (non-hydrogen) atoms. The molecule has 0 fully saturated rings. The first-order valence-corrected chi connectivity index (χ1v) is 8.52. The lowest BCUT2D eigenvalue weighted by Crippen LogP contribution is -2.23. The van der Waals surface area contributed by atoms with Gasteiger partial charge in [0.25, 0.3) is 0 Å². The topological polar surface area (TPSA) is 12.0 Å². The van der Waals surface area contributed by atoms with Gasteiger partial charge >= 0.3 is 0 Å². The summed E-state index contributed by atoms with van der Waals surface area (Å²) in [6, 6.07) is 12.1. The van der Waals surface area contributed by atoms with Gasteiger partial charge in [0.15, 0.2) is 0 Å². The van der Waals surface area contributed by atoms with E-state index in [1.165, 1.54) is 0 Å². The Morgan fingerprint density at radius 2 is 1.86 bits per heavy atom. The molecule has 2 aromatic carbocycles. The van der Waals surface area contributed by atoms with Gasteiger partial charge in [0.1, 0.15) is 0 Å². The van der Waals surface area contributed by atoms with Gasteiger partial charge in [0.2, 0.25) is 0 Å². The molecule has 2 rings (SSSR count). The first-order valence-electron chi connectivity index (χ1n) is 6.97. The molecule has 1 nitrogen and oxygen atoms in total. The summed E-state index contributed by atoms with van der Waals surface area (Å²) in [6.07, 6.45) is 1.06. The third-order valence-electron chi connectivity index (χ3n) is 3.40. The van der Waals surface area contributed by atoms with Crippen molar-refractivity contribution in [1.29, 1.82) is 0 Å². The molecule has 0 heterocycles. The second kappa shape index (κ2) is 7.64. The summed E-state index contributed by atoms with van der Waals surface area (Å²) in [6.45, 7) is 5.07. The maximum absolute atomic E-state index is 6.40. The van der Waals surface area contributed by atoms with E-state index in [2.05, 4.69) is 40.3 Å². The summed E-state index contributed by atoms with van der Waals surface area (Å²) < 4.78 is 1.02. The molecule has 2 aromatic rings. The van der Waals surface area contributed by atoms with E-state index in [9.17, 15) is 0 Å². The molecule has 1 atom stereocenters. The van der Waals surface area contributed by atoms with E-state index < -0.39 is 0 Å². The Balaban J connectivity index is 2.46. The zero-order valence-corrected chi connectivity index (χ0v) is 15.2. The summed E-state index contributed by atoms with van der Waals surface area (Å²) >= 11 is 16.2. The standard InChI is InChI=1S/C17H18BrCl2N/c1-3-8-21-17(12-5-4-11(2)16(20)9-12)14-10-13(18)6-7-15(14)19/h4-7,9-10,17,21H,3,8H2,1-2H3. The fraction of sp³-hybridized carbons (Fsp3) is 0.294. The number of hydrogen-bond donors (Lipinski definition) is 1. The predicted octanol–water partition coefficient (Wildman–Crippen LogP) is 6.15. The number of hydrogen-bond acceptors (Lipinski definition) is 1. The van der Waals surface area contributed by atoms with Crippen LogP contribution in [0.4, 0.5) is 0 Å². The van der Waals surface area contributed by atoms with Crippen molar-refractivity contribution in [2.45, 2.75) is 26.3 Å². The van der Waals surface area contributed by atoms with Crippen LogP contribution in [0.2, 0.25) is 10.0 Å². The van der Waals surface area contributed by atoms with Crippen LogP contribution in [0, 0.1) is 6.92 Å². The van der Waals surface area contributed by atoms with Gasteiger partial charge in [-0.2, -0.15) is 0 Å². The highest BCUT2D eigenvalue weighted by Gasteiger charge is 2.17. The number of nitrogens with one attached hydrogen (secondary N) is 1. The van der Waals surface area contributed by atoms with Crippen LogP contribution in [0.15, 0.2) is 40.9 Å². The van der Waals surface area contributed by atoms with E-state index >= 15 is 0 Å². The lowest BCUT2D eigenvalue weighted by atomic mass is 9.97. The average Bonchev–Trinajstić information content (AvgIpc) is 2.46. The molecule has 0 bridgehead atoms. The maximum atomic E-state index is 6.40. The molecule has 0 radical (unpaired) electrons. The fourth-order valence-corrected chi connectivity index (χ4v) is 3.01. The average molecular weight is 387 g/mol. The highest BCUT2D eigenvalue weighted by molar-refractivity contribution is 9.10. The summed E-state index contributed by atoms with van der Waals surface area (Å²) in [5.74, 6) is 0. The van der Waals surface area contributed by atoms with Crippen molar-refractivity contribution in [3.63, 3.8) is 0 Å². The highest BCUT2D eigenvalue weighted by Crippen LogP contribution is 2.32. The van der Waals surface area contributed by atoms with E-state index in [-0.39, 0.29) is 6.04 Å². The normalized spacial score (nSPS) is 12.4. The molecule has 0 aromatic heterocycles. The Morgan fingerprint density at radius 1 is 1.10 bits per heavy atom. The molecular weight excluding hydrogens is 369 g/mol. The molecule has 0 spiro atoms. The van der Waals surface area contributed by atoms with Crippen LogP contribution in [-0.2, 0) is 0 Å². The molecule has 0 amide bonds. The van der Waals surface area contributed by atoms with E-state index in [1.807, 2.05) is 31.2 Å². The van der Waals surface area contributed by atoms with Gasteiger partial charge < -0.3 is 5.32 Å². The fourth-order valence-electron chi connectivity index (χ4n) is 2.22. The van der Waals surface area contributed by atoms with Crippen LogP contribution in [0.5, 0.6) is 0 Å². The minimum absolute atomic E-state index is 0.0352. The predicted molar refractivity (Wildman–Crippen MR) is 95.5 cm³/mol. The number of benzene rings is 2. The SMILES string of the molecule is CCCNC(c1ccc(C)c(Cl)c1)c1cc(Br)ccc1Cl. The van der Waals surface area contributed by atoms with Crippen LogP contribution in [0.1, 0.15) is 36.1 Å². The van der Waals surface area contributed by atoms with E-state index in [0.717, 1.165) is 44.2 Å². The van der Waals surface area contributed by atoms with Crippen LogP contribution < -0.4 is 5.32 Å². The van der Waals surface area contributed by atoms with Crippen molar-refractivity contribution < 1.29 is 0 Å². The zero-order valence-electron chi connectivity index (χ0n) is 12.1. The second-order valence-electron chi connectivity index (χ2n) is 5.06. The molecule has 0 saturated heterocycles. The third-order valence-corrected chi connectivity index (χ3v) is 4.64. The molecule has 0 saturated carbocycles. The van der Waals surface area contributed by atoms with E-state index in [0.29, 0.717) is 0 Å². The summed E-state index contributed by atoms with van der Waals surface area (Å²) in [7, 11) is 0. The smallest absolute Gasteiger partial charge is 0.0592 e. The third kappa shape index (κ3) is 4.23. The number of halogens is 3. The Labute approximate surface area is 144 Å². The second-order valence-corrected chi connectivity index (χ2v) is 6.79. The minimum Gasteiger partial charge on any atom is -0.306 e. The Hall–Kier alpha value is -0.540. The van der Waals surface area contributed by atoms with Gasteiger partial charge in [-0.05, 0) is 60.8 Å². The van der Waals surface area contributed by atoms with Crippen LogP contribution in [0.3, 0.4) is 0 Å². The van der Waals surface area contributed by atoms with Crippen LogP contribution >= 0.6 is 39.1 Å². The summed E-state index contributed by atoms with van der Waals surface area (Å²) in [4.78, 5) is 0. The minimum atomic E-state index is 0.0352. The van der Waals surface area contributed by atoms with Crippen molar-refractivity contribution in [2.75, 3.05) is 6.54 Å². The van der Waals surface area contributed by atoms with Crippen molar-refractivity contribution in [2.24, 2.45) is 0 Å². The molecule has 1 unspecified atom stereocenters. The Morgan fingerprint density at radius 3 is 2.52 bits per heavy atom. The van der Waals surface area contributed by atoms with Crippen LogP contribution in [0.25, 0.3) is 0 Å². The lowest BCUT2D eigenvalue weighted by molar-refractivity contribution is 0.598. The molecule has 112 valence electrons. The zero-order chi connectivity index (χ0) is 15.4. The molecule has 0 aliphatic rings. The van der Waals surface area contributed by atoms with Crippen LogP contribution in [-0.4, -0.2) is 6.54 Å². The summed E-state index contributed by atoms with van der Waals surface area (Å²) in [5, 5.41) is 5.09. The summed E-state index contributed by atoms with van der Waals surface area (Å²) in [5.41, 5.74) is 3.26. The number of rotatable bonds is 5. The first-order chi connectivity index (χ1) is 10.0. The molecule has 1 N–H and O–H groups in total. The van der Waals surface area contributed by atoms with Gasteiger partial charge in [0.05, 0.1) is 6.04 Å². The van der Waals surface area contributed by atoms with Gasteiger partial charge in [-0.3, -0.25) is 0 Å². The van der Waals surface area contributed by atoms with Gasteiger partial charge in [0, 0.05) is 14.5 Å². The van der Waals surface area contributed by atoms with Gasteiger partial charge in [-0.25, -0.2) is 0 Å². The maximum Gasteiger partial charge on any atom is 0.0592 e. The first kappa shape index (κ1) is 16.8. The molecule has 0 aliphatic carbocycles. The molecule has 0 aliphatic heterocycles. The number of aryl methyl sites for hydroxylation is 1. The highest BCUT2D eigenvalue weighted by atomic mass is 79.9. The van der Waals surface area contributed by atoms with E-state index in [1.54, 1.807) is 0 Å². The van der Waals surface area contributed by atoms with Gasteiger partial charge in [-0.1, -0.05) is 58.2 Å².